The van der Waals surface area contributed by atoms with E-state index < -0.39 is 6.09 Å². The molecule has 2 aromatic rings. The van der Waals surface area contributed by atoms with E-state index in [9.17, 15) is 9.18 Å². The van der Waals surface area contributed by atoms with Gasteiger partial charge >= 0.3 is 6.09 Å². The first-order chi connectivity index (χ1) is 16.1. The van der Waals surface area contributed by atoms with Gasteiger partial charge in [-0.1, -0.05) is 11.6 Å². The molecular formula is C24H34FN5O3. The first-order valence-corrected chi connectivity index (χ1v) is 12.1. The summed E-state index contributed by atoms with van der Waals surface area (Å²) in [5.74, 6) is 1.32. The van der Waals surface area contributed by atoms with Crippen molar-refractivity contribution in [3.05, 3.63) is 23.5 Å². The van der Waals surface area contributed by atoms with Gasteiger partial charge in [0.15, 0.2) is 0 Å². The van der Waals surface area contributed by atoms with E-state index in [2.05, 4.69) is 10.3 Å². The molecule has 2 aliphatic carbocycles. The fraction of sp³-hybridized carbons (Fsp3) is 0.667. The third kappa shape index (κ3) is 6.00. The lowest BCUT2D eigenvalue weighted by Crippen LogP contribution is -2.28. The SMILES string of the molecule is CN(CCCCF)C(=O)OCc1c(-c2ccc(OC3CCCCC3)c(C3CC3)n2)nnn1C. The van der Waals surface area contributed by atoms with Crippen LogP contribution in [0, 0.1) is 0 Å². The Bertz CT molecular complexity index is 940. The highest BCUT2D eigenvalue weighted by Crippen LogP contribution is 2.44. The van der Waals surface area contributed by atoms with Crippen molar-refractivity contribution in [2.45, 2.75) is 76.4 Å². The lowest BCUT2D eigenvalue weighted by atomic mass is 9.98. The first-order valence-electron chi connectivity index (χ1n) is 12.1. The van der Waals surface area contributed by atoms with Crippen molar-refractivity contribution in [3.8, 4) is 17.1 Å². The number of hydrogen-bond acceptors (Lipinski definition) is 6. The summed E-state index contributed by atoms with van der Waals surface area (Å²) in [6.07, 6.45) is 9.05. The van der Waals surface area contributed by atoms with Crippen LogP contribution in [0.1, 0.15) is 75.1 Å². The largest absolute Gasteiger partial charge is 0.489 e. The average Bonchev–Trinajstić information content (AvgIpc) is 3.61. The smallest absolute Gasteiger partial charge is 0.409 e. The Balaban J connectivity index is 1.47. The van der Waals surface area contributed by atoms with Gasteiger partial charge in [-0.25, -0.2) is 14.5 Å². The summed E-state index contributed by atoms with van der Waals surface area (Å²) in [5, 5.41) is 8.43. The van der Waals surface area contributed by atoms with Crippen LogP contribution in [0.2, 0.25) is 0 Å². The third-order valence-electron chi connectivity index (χ3n) is 6.40. The van der Waals surface area contributed by atoms with Gasteiger partial charge in [0.05, 0.1) is 24.2 Å². The number of amides is 1. The normalized spacial score (nSPS) is 16.6. The van der Waals surface area contributed by atoms with E-state index in [1.165, 1.54) is 24.2 Å². The molecule has 0 unspecified atom stereocenters. The first kappa shape index (κ1) is 23.4. The van der Waals surface area contributed by atoms with Gasteiger partial charge in [-0.2, -0.15) is 0 Å². The molecule has 0 aromatic carbocycles. The van der Waals surface area contributed by atoms with E-state index in [1.807, 2.05) is 12.1 Å². The highest BCUT2D eigenvalue weighted by molar-refractivity contribution is 5.67. The molecule has 2 aliphatic rings. The molecule has 8 nitrogen and oxygen atoms in total. The predicted molar refractivity (Wildman–Crippen MR) is 122 cm³/mol. The number of aromatic nitrogens is 4. The van der Waals surface area contributed by atoms with Crippen LogP contribution < -0.4 is 4.74 Å². The van der Waals surface area contributed by atoms with Crippen LogP contribution in [0.25, 0.3) is 11.4 Å². The predicted octanol–water partition coefficient (Wildman–Crippen LogP) is 4.78. The van der Waals surface area contributed by atoms with Crippen LogP contribution >= 0.6 is 0 Å². The zero-order valence-corrected chi connectivity index (χ0v) is 19.6. The molecule has 0 aliphatic heterocycles. The molecule has 2 aromatic heterocycles. The Hall–Kier alpha value is -2.71. The lowest BCUT2D eigenvalue weighted by Gasteiger charge is -2.24. The molecule has 0 spiro atoms. The fourth-order valence-electron chi connectivity index (χ4n) is 4.22. The number of hydrogen-bond donors (Lipinski definition) is 0. The molecule has 0 atom stereocenters. The van der Waals surface area contributed by atoms with E-state index in [1.54, 1.807) is 18.8 Å². The second kappa shape index (κ2) is 10.9. The maximum absolute atomic E-state index is 12.3. The quantitative estimate of drug-likeness (QED) is 0.476. The van der Waals surface area contributed by atoms with Gasteiger partial charge in [-0.05, 0) is 63.5 Å². The van der Waals surface area contributed by atoms with Crippen molar-refractivity contribution >= 4 is 6.09 Å². The standard InChI is InChI=1S/C24H34FN5O3/c1-29(15-7-6-14-25)24(31)32-16-20-23(27-28-30(20)2)19-12-13-21(22(26-19)17-10-11-17)33-18-8-4-3-5-9-18/h12-13,17-18H,3-11,14-16H2,1-2H3. The number of halogens is 1. The number of nitrogens with zero attached hydrogens (tertiary/aromatic N) is 5. The number of ether oxygens (including phenoxy) is 2. The van der Waals surface area contributed by atoms with Crippen LogP contribution in [0.3, 0.4) is 0 Å². The zero-order chi connectivity index (χ0) is 23.2. The van der Waals surface area contributed by atoms with Gasteiger partial charge in [0.2, 0.25) is 0 Å². The van der Waals surface area contributed by atoms with Crippen molar-refractivity contribution in [1.82, 2.24) is 24.9 Å². The number of unbranched alkanes of at least 4 members (excludes halogenated alkanes) is 1. The molecule has 0 N–H and O–H groups in total. The van der Waals surface area contributed by atoms with Gasteiger partial charge in [0, 0.05) is 26.6 Å². The summed E-state index contributed by atoms with van der Waals surface area (Å²) < 4.78 is 25.7. The number of aryl methyl sites for hydroxylation is 1. The minimum atomic E-state index is -0.455. The van der Waals surface area contributed by atoms with E-state index in [0.717, 1.165) is 37.1 Å². The van der Waals surface area contributed by atoms with Crippen molar-refractivity contribution in [2.75, 3.05) is 20.3 Å². The highest BCUT2D eigenvalue weighted by atomic mass is 19.1. The van der Waals surface area contributed by atoms with Crippen LogP contribution in [0.4, 0.5) is 9.18 Å². The molecular weight excluding hydrogens is 425 g/mol. The molecule has 2 saturated carbocycles. The number of carbonyl (C=O) groups excluding carboxylic acids is 1. The lowest BCUT2D eigenvalue weighted by molar-refractivity contribution is 0.102. The van der Waals surface area contributed by atoms with Gasteiger partial charge in [0.25, 0.3) is 0 Å². The van der Waals surface area contributed by atoms with Crippen LogP contribution in [-0.4, -0.2) is 57.3 Å². The minimum absolute atomic E-state index is 0.0336. The molecule has 4 rings (SSSR count). The van der Waals surface area contributed by atoms with Crippen LogP contribution in [0.15, 0.2) is 12.1 Å². The van der Waals surface area contributed by atoms with E-state index in [-0.39, 0.29) is 19.4 Å². The Morgan fingerprint density at radius 1 is 1.18 bits per heavy atom. The molecule has 33 heavy (non-hydrogen) atoms. The molecule has 2 heterocycles. The van der Waals surface area contributed by atoms with Gasteiger partial charge in [0.1, 0.15) is 23.7 Å². The Kier molecular flexibility index (Phi) is 7.77. The molecule has 1 amide bonds. The van der Waals surface area contributed by atoms with E-state index in [4.69, 9.17) is 14.5 Å². The topological polar surface area (TPSA) is 82.4 Å². The molecule has 0 saturated heterocycles. The van der Waals surface area contributed by atoms with E-state index in [0.29, 0.717) is 42.4 Å². The summed E-state index contributed by atoms with van der Waals surface area (Å²) >= 11 is 0. The number of rotatable bonds is 10. The summed E-state index contributed by atoms with van der Waals surface area (Å²) in [4.78, 5) is 18.7. The van der Waals surface area contributed by atoms with Crippen molar-refractivity contribution in [3.63, 3.8) is 0 Å². The third-order valence-corrected chi connectivity index (χ3v) is 6.40. The maximum Gasteiger partial charge on any atom is 0.409 e. The molecule has 9 heteroatoms. The minimum Gasteiger partial charge on any atom is -0.489 e. The van der Waals surface area contributed by atoms with E-state index >= 15 is 0 Å². The van der Waals surface area contributed by atoms with Crippen molar-refractivity contribution in [1.29, 1.82) is 0 Å². The second-order valence-corrected chi connectivity index (χ2v) is 9.11. The fourth-order valence-corrected chi connectivity index (χ4v) is 4.22. The van der Waals surface area contributed by atoms with Gasteiger partial charge in [-0.15, -0.1) is 5.10 Å². The van der Waals surface area contributed by atoms with Crippen molar-refractivity contribution < 1.29 is 18.7 Å². The molecule has 0 bridgehead atoms. The number of pyridine rings is 1. The Morgan fingerprint density at radius 2 is 1.97 bits per heavy atom. The summed E-state index contributed by atoms with van der Waals surface area (Å²) in [5.41, 5.74) is 3.00. The molecule has 0 radical (unpaired) electrons. The number of alkyl halides is 1. The second-order valence-electron chi connectivity index (χ2n) is 9.11. The monoisotopic (exact) mass is 459 g/mol. The van der Waals surface area contributed by atoms with Gasteiger partial charge < -0.3 is 14.4 Å². The summed E-state index contributed by atoms with van der Waals surface area (Å²) in [6, 6.07) is 3.93. The van der Waals surface area contributed by atoms with Crippen molar-refractivity contribution in [2.24, 2.45) is 7.05 Å². The molecule has 180 valence electrons. The maximum atomic E-state index is 12.3. The van der Waals surface area contributed by atoms with Gasteiger partial charge in [-0.3, -0.25) is 4.39 Å². The zero-order valence-electron chi connectivity index (χ0n) is 19.6. The average molecular weight is 460 g/mol. The highest BCUT2D eigenvalue weighted by Gasteiger charge is 2.31. The Labute approximate surface area is 194 Å². The molecule has 2 fully saturated rings. The van der Waals surface area contributed by atoms with Crippen LogP contribution in [-0.2, 0) is 18.4 Å². The Morgan fingerprint density at radius 3 is 2.70 bits per heavy atom. The summed E-state index contributed by atoms with van der Waals surface area (Å²) in [6.45, 7) is 0.104. The van der Waals surface area contributed by atoms with Crippen LogP contribution in [0.5, 0.6) is 5.75 Å². The summed E-state index contributed by atoms with van der Waals surface area (Å²) in [7, 11) is 3.42. The number of carbonyl (C=O) groups is 1.